The van der Waals surface area contributed by atoms with Gasteiger partial charge >= 0.3 is 0 Å². The van der Waals surface area contributed by atoms with E-state index in [1.807, 2.05) is 0 Å². The maximum Gasteiger partial charge on any atom is -0.00543 e. The van der Waals surface area contributed by atoms with Gasteiger partial charge in [-0.25, -0.2) is 0 Å². The highest BCUT2D eigenvalue weighted by Crippen LogP contribution is 2.29. The molecule has 122 valence electrons. The van der Waals surface area contributed by atoms with Crippen molar-refractivity contribution >= 4 is 11.1 Å². The molecule has 0 N–H and O–H groups in total. The zero-order valence-corrected chi connectivity index (χ0v) is 14.7. The number of fused-ring (bicyclic) bond motifs is 5. The molecule has 0 fully saturated rings. The van der Waals surface area contributed by atoms with Crippen molar-refractivity contribution in [3.05, 3.63) is 93.9 Å². The van der Waals surface area contributed by atoms with E-state index >= 15 is 0 Å². The number of rotatable bonds is 1. The second-order valence-corrected chi connectivity index (χ2v) is 7.33. The third kappa shape index (κ3) is 2.28. The van der Waals surface area contributed by atoms with Gasteiger partial charge in [0.05, 0.1) is 0 Å². The van der Waals surface area contributed by atoms with E-state index in [1.54, 1.807) is 0 Å². The predicted octanol–water partition coefficient (Wildman–Crippen LogP) is 4.62. The van der Waals surface area contributed by atoms with Crippen molar-refractivity contribution in [2.75, 3.05) is 0 Å². The van der Waals surface area contributed by atoms with E-state index in [2.05, 4.69) is 73.7 Å². The first-order valence-electron chi connectivity index (χ1n) is 9.31. The quantitative estimate of drug-likeness (QED) is 0.613. The molecule has 3 aromatic rings. The number of hydrogen-bond donors (Lipinski definition) is 0. The summed E-state index contributed by atoms with van der Waals surface area (Å²) in [5.74, 6) is 0. The molecule has 0 bridgehead atoms. The van der Waals surface area contributed by atoms with Crippen LogP contribution in [0.1, 0.15) is 36.5 Å². The van der Waals surface area contributed by atoms with Crippen molar-refractivity contribution in [3.63, 3.8) is 0 Å². The van der Waals surface area contributed by atoms with Gasteiger partial charge in [0.15, 0.2) is 0 Å². The average molecular weight is 322 g/mol. The van der Waals surface area contributed by atoms with Crippen LogP contribution in [-0.4, -0.2) is 0 Å². The van der Waals surface area contributed by atoms with E-state index in [0.29, 0.717) is 0 Å². The van der Waals surface area contributed by atoms with Gasteiger partial charge in [-0.1, -0.05) is 72.3 Å². The Labute approximate surface area is 149 Å². The van der Waals surface area contributed by atoms with Crippen molar-refractivity contribution < 1.29 is 0 Å². The molecule has 2 aliphatic carbocycles. The Morgan fingerprint density at radius 2 is 1.44 bits per heavy atom. The van der Waals surface area contributed by atoms with E-state index in [1.165, 1.54) is 68.7 Å². The fraction of sp³-hybridized carbons (Fsp3) is 0.200. The molecular formula is C25H22. The summed E-state index contributed by atoms with van der Waals surface area (Å²) in [7, 11) is 0. The summed E-state index contributed by atoms with van der Waals surface area (Å²) in [5.41, 5.74) is 10.3. The van der Waals surface area contributed by atoms with E-state index < -0.39 is 0 Å². The lowest BCUT2D eigenvalue weighted by Crippen LogP contribution is -2.38. The summed E-state index contributed by atoms with van der Waals surface area (Å²) >= 11 is 0. The zero-order valence-electron chi connectivity index (χ0n) is 14.7. The molecule has 0 amide bonds. The van der Waals surface area contributed by atoms with Gasteiger partial charge in [0.1, 0.15) is 0 Å². The number of aryl methyl sites for hydroxylation is 1. The normalized spacial score (nSPS) is 15.4. The molecule has 0 heteroatoms. The van der Waals surface area contributed by atoms with Crippen LogP contribution < -0.4 is 10.4 Å². The number of benzene rings is 3. The molecule has 0 unspecified atom stereocenters. The van der Waals surface area contributed by atoms with Crippen LogP contribution in [0.2, 0.25) is 0 Å². The molecule has 0 saturated heterocycles. The molecule has 0 heterocycles. The van der Waals surface area contributed by atoms with Gasteiger partial charge in [-0.15, -0.1) is 0 Å². The third-order valence-corrected chi connectivity index (χ3v) is 5.78. The van der Waals surface area contributed by atoms with Gasteiger partial charge in [-0.2, -0.15) is 0 Å². The highest BCUT2D eigenvalue weighted by Gasteiger charge is 2.19. The van der Waals surface area contributed by atoms with Crippen molar-refractivity contribution in [3.8, 4) is 11.1 Å². The topological polar surface area (TPSA) is 0 Å². The van der Waals surface area contributed by atoms with Crippen LogP contribution in [0.5, 0.6) is 0 Å². The molecule has 0 atom stereocenters. The SMILES string of the molecule is CC1=c2c(ccc3c2=C(c2ccccc2)CCC3)-c2ccccc2C1. The van der Waals surface area contributed by atoms with Gasteiger partial charge in [-0.05, 0) is 76.4 Å². The summed E-state index contributed by atoms with van der Waals surface area (Å²) < 4.78 is 0. The Hall–Kier alpha value is -2.60. The lowest BCUT2D eigenvalue weighted by Gasteiger charge is -2.23. The first kappa shape index (κ1) is 14.7. The molecule has 0 spiro atoms. The largest absolute Gasteiger partial charge is 0.0622 e. The fourth-order valence-electron chi connectivity index (χ4n) is 4.69. The average Bonchev–Trinajstić information content (AvgIpc) is 2.68. The third-order valence-electron chi connectivity index (χ3n) is 5.78. The maximum atomic E-state index is 2.38. The van der Waals surface area contributed by atoms with E-state index in [4.69, 9.17) is 0 Å². The molecule has 0 saturated carbocycles. The lowest BCUT2D eigenvalue weighted by molar-refractivity contribution is 0.817. The lowest BCUT2D eigenvalue weighted by atomic mass is 9.81. The van der Waals surface area contributed by atoms with Crippen LogP contribution >= 0.6 is 0 Å². The van der Waals surface area contributed by atoms with Crippen LogP contribution in [0.4, 0.5) is 0 Å². The van der Waals surface area contributed by atoms with Crippen LogP contribution in [0.25, 0.3) is 22.3 Å². The standard InChI is InChI=1S/C25H22/c1-17-16-20-10-5-6-12-21(20)23-15-14-19-11-7-13-22(25(19)24(17)23)18-8-3-2-4-9-18/h2-6,8-10,12,14-15H,7,11,13,16H2,1H3. The van der Waals surface area contributed by atoms with Crippen LogP contribution in [0.3, 0.4) is 0 Å². The molecule has 2 aliphatic rings. The Morgan fingerprint density at radius 1 is 0.640 bits per heavy atom. The summed E-state index contributed by atoms with van der Waals surface area (Å²) in [6.07, 6.45) is 4.71. The fourth-order valence-corrected chi connectivity index (χ4v) is 4.69. The molecule has 0 nitrogen and oxygen atoms in total. The van der Waals surface area contributed by atoms with Crippen molar-refractivity contribution in [2.24, 2.45) is 0 Å². The van der Waals surface area contributed by atoms with E-state index in [9.17, 15) is 0 Å². The highest BCUT2D eigenvalue weighted by molar-refractivity contribution is 5.79. The minimum Gasteiger partial charge on any atom is -0.0622 e. The molecule has 0 aliphatic heterocycles. The Morgan fingerprint density at radius 3 is 2.32 bits per heavy atom. The molecule has 0 aromatic heterocycles. The van der Waals surface area contributed by atoms with Gasteiger partial charge < -0.3 is 0 Å². The molecule has 5 rings (SSSR count). The summed E-state index contributed by atoms with van der Waals surface area (Å²) in [6, 6.07) is 24.6. The number of hydrogen-bond acceptors (Lipinski definition) is 0. The monoisotopic (exact) mass is 322 g/mol. The predicted molar refractivity (Wildman–Crippen MR) is 106 cm³/mol. The second-order valence-electron chi connectivity index (χ2n) is 7.33. The molecule has 3 aromatic carbocycles. The molecular weight excluding hydrogens is 300 g/mol. The summed E-state index contributed by atoms with van der Waals surface area (Å²) in [6.45, 7) is 2.33. The highest BCUT2D eigenvalue weighted by atomic mass is 14.2. The smallest absolute Gasteiger partial charge is 0.00543 e. The van der Waals surface area contributed by atoms with Gasteiger partial charge in [0.2, 0.25) is 0 Å². The summed E-state index contributed by atoms with van der Waals surface area (Å²) in [5, 5.41) is 3.04. The Balaban J connectivity index is 1.94. The van der Waals surface area contributed by atoms with E-state index in [-0.39, 0.29) is 0 Å². The van der Waals surface area contributed by atoms with Crippen molar-refractivity contribution in [2.45, 2.75) is 32.6 Å². The molecule has 25 heavy (non-hydrogen) atoms. The van der Waals surface area contributed by atoms with Gasteiger partial charge in [0, 0.05) is 0 Å². The Bertz CT molecular complexity index is 1080. The minimum atomic E-state index is 1.07. The summed E-state index contributed by atoms with van der Waals surface area (Å²) in [4.78, 5) is 0. The second kappa shape index (κ2) is 5.74. The van der Waals surface area contributed by atoms with E-state index in [0.717, 1.165) is 6.42 Å². The van der Waals surface area contributed by atoms with Gasteiger partial charge in [0.25, 0.3) is 0 Å². The van der Waals surface area contributed by atoms with Crippen molar-refractivity contribution in [1.82, 2.24) is 0 Å². The Kier molecular flexibility index (Phi) is 3.38. The maximum absolute atomic E-state index is 2.38. The minimum absolute atomic E-state index is 1.07. The van der Waals surface area contributed by atoms with Crippen molar-refractivity contribution in [1.29, 1.82) is 0 Å². The first-order valence-corrected chi connectivity index (χ1v) is 9.31. The van der Waals surface area contributed by atoms with Gasteiger partial charge in [-0.3, -0.25) is 0 Å². The zero-order chi connectivity index (χ0) is 16.8. The van der Waals surface area contributed by atoms with Crippen LogP contribution in [0.15, 0.2) is 66.7 Å². The van der Waals surface area contributed by atoms with Crippen LogP contribution in [-0.2, 0) is 12.8 Å². The molecule has 0 radical (unpaired) electrons. The first-order chi connectivity index (χ1) is 12.3. The van der Waals surface area contributed by atoms with Crippen LogP contribution in [0, 0.1) is 0 Å².